The van der Waals surface area contributed by atoms with E-state index < -0.39 is 32.0 Å². The van der Waals surface area contributed by atoms with E-state index >= 15 is 0 Å². The summed E-state index contributed by atoms with van der Waals surface area (Å²) in [4.78, 5) is -0.0357. The maximum atomic E-state index is 13.1. The summed E-state index contributed by atoms with van der Waals surface area (Å²) in [5.41, 5.74) is 4.38. The van der Waals surface area contributed by atoms with Crippen molar-refractivity contribution in [2.75, 3.05) is 6.54 Å². The number of nitrogens with one attached hydrogen (secondary N) is 3. The van der Waals surface area contributed by atoms with Crippen LogP contribution in [0.15, 0.2) is 83.8 Å². The van der Waals surface area contributed by atoms with Crippen LogP contribution in [0.2, 0.25) is 10.0 Å². The third kappa shape index (κ3) is 5.84. The molecule has 2 aliphatic rings. The van der Waals surface area contributed by atoms with Crippen LogP contribution in [0.4, 0.5) is 0 Å². The quantitative estimate of drug-likeness (QED) is 0.231. The molecule has 3 aromatic carbocycles. The molecule has 5 N–H and O–H groups in total. The van der Waals surface area contributed by atoms with E-state index in [0.29, 0.717) is 22.9 Å². The van der Waals surface area contributed by atoms with Gasteiger partial charge >= 0.3 is 10.3 Å². The smallest absolute Gasteiger partial charge is 0.276 e. The van der Waals surface area contributed by atoms with Gasteiger partial charge < -0.3 is 0 Å². The molecule has 5 rings (SSSR count). The monoisotopic (exact) mass is 623 g/mol. The molecule has 1 saturated carbocycles. The van der Waals surface area contributed by atoms with Crippen LogP contribution in [-0.4, -0.2) is 40.5 Å². The second-order valence-electron chi connectivity index (χ2n) is 9.85. The number of nitrogens with zero attached hydrogens (tertiary/aromatic N) is 1. The molecule has 0 radical (unpaired) electrons. The second kappa shape index (κ2) is 10.9. The highest BCUT2D eigenvalue weighted by Gasteiger charge is 2.58. The zero-order valence-electron chi connectivity index (χ0n) is 21.0. The predicted molar refractivity (Wildman–Crippen MR) is 152 cm³/mol. The fraction of sp³-hybridized carbons (Fsp3) is 0.269. The van der Waals surface area contributed by atoms with Crippen molar-refractivity contribution in [1.29, 1.82) is 5.41 Å². The average Bonchev–Trinajstić information content (AvgIpc) is 3.28. The Hall–Kier alpha value is -2.71. The molecule has 1 unspecified atom stereocenters. The summed E-state index contributed by atoms with van der Waals surface area (Å²) in [6.07, 6.45) is 0.138. The van der Waals surface area contributed by atoms with Gasteiger partial charge in [-0.3, -0.25) is 14.6 Å². The van der Waals surface area contributed by atoms with Crippen molar-refractivity contribution in [3.05, 3.63) is 100 Å². The first-order chi connectivity index (χ1) is 18.9. The number of sulfonamides is 1. The molecule has 40 heavy (non-hydrogen) atoms. The molecule has 0 spiro atoms. The minimum atomic E-state index is -4.13. The number of nitrogens with two attached hydrogens (primary N) is 1. The fourth-order valence-corrected chi connectivity index (χ4v) is 7.30. The summed E-state index contributed by atoms with van der Waals surface area (Å²) in [7, 11) is -8.21. The van der Waals surface area contributed by atoms with Crippen molar-refractivity contribution in [3.8, 4) is 0 Å². The normalized spacial score (nSPS) is 24.9. The largest absolute Gasteiger partial charge is 0.333 e. The van der Waals surface area contributed by atoms with Crippen molar-refractivity contribution in [2.45, 2.75) is 35.3 Å². The van der Waals surface area contributed by atoms with E-state index in [1.165, 1.54) is 29.3 Å². The van der Waals surface area contributed by atoms with Crippen LogP contribution in [0.3, 0.4) is 0 Å². The first-order valence-electron chi connectivity index (χ1n) is 12.3. The van der Waals surface area contributed by atoms with Gasteiger partial charge in [-0.15, -0.1) is 0 Å². The van der Waals surface area contributed by atoms with Crippen molar-refractivity contribution in [1.82, 2.24) is 15.2 Å². The van der Waals surface area contributed by atoms with E-state index in [1.54, 1.807) is 12.1 Å². The zero-order valence-corrected chi connectivity index (χ0v) is 24.1. The van der Waals surface area contributed by atoms with Crippen molar-refractivity contribution in [2.24, 2.45) is 11.1 Å². The number of rotatable bonds is 7. The van der Waals surface area contributed by atoms with Gasteiger partial charge in [-0.1, -0.05) is 65.7 Å². The lowest BCUT2D eigenvalue weighted by atomic mass is 9.60. The molecule has 0 amide bonds. The Morgan fingerprint density at radius 2 is 1.52 bits per heavy atom. The van der Waals surface area contributed by atoms with Crippen LogP contribution >= 0.6 is 23.2 Å². The zero-order chi connectivity index (χ0) is 28.7. The number of hydrazine groups is 1. The summed E-state index contributed by atoms with van der Waals surface area (Å²) < 4.78 is 56.6. The van der Waals surface area contributed by atoms with E-state index in [4.69, 9.17) is 37.9 Å². The summed E-state index contributed by atoms with van der Waals surface area (Å²) in [6, 6.07) is 22.6. The highest BCUT2D eigenvalue weighted by molar-refractivity contribution is 7.90. The summed E-state index contributed by atoms with van der Waals surface area (Å²) in [6.45, 7) is 0.242. The third-order valence-electron chi connectivity index (χ3n) is 7.39. The Morgan fingerprint density at radius 1 is 0.950 bits per heavy atom. The van der Waals surface area contributed by atoms with Gasteiger partial charge in [0.15, 0.2) is 0 Å². The molecule has 0 aromatic heterocycles. The number of benzene rings is 3. The highest BCUT2D eigenvalue weighted by Crippen LogP contribution is 2.54. The maximum absolute atomic E-state index is 13.1. The molecule has 3 aromatic rings. The van der Waals surface area contributed by atoms with Gasteiger partial charge in [-0.05, 0) is 66.3 Å². The molecule has 1 aliphatic heterocycles. The topological polar surface area (TPSA) is 155 Å². The molecular weight excluding hydrogens is 597 g/mol. The van der Waals surface area contributed by atoms with Gasteiger partial charge in [0.05, 0.1) is 16.5 Å². The summed E-state index contributed by atoms with van der Waals surface area (Å²) >= 11 is 12.1. The molecule has 212 valence electrons. The number of guanidine groups is 1. The predicted octanol–water partition coefficient (Wildman–Crippen LogP) is 3.70. The van der Waals surface area contributed by atoms with E-state index in [0.717, 1.165) is 11.1 Å². The van der Waals surface area contributed by atoms with Gasteiger partial charge in [-0.2, -0.15) is 8.42 Å². The van der Waals surface area contributed by atoms with Crippen LogP contribution < -0.4 is 15.3 Å². The molecule has 1 heterocycles. The number of halogens is 2. The Balaban J connectivity index is 1.52. The van der Waals surface area contributed by atoms with Gasteiger partial charge in [0, 0.05) is 22.5 Å². The van der Waals surface area contributed by atoms with E-state index in [1.807, 2.05) is 42.5 Å². The van der Waals surface area contributed by atoms with Crippen LogP contribution in [0.25, 0.3) is 0 Å². The minimum absolute atomic E-state index is 0.0357. The van der Waals surface area contributed by atoms with E-state index in [9.17, 15) is 16.8 Å². The molecule has 0 bridgehead atoms. The molecular formula is C26H27Cl2N5O5S2. The van der Waals surface area contributed by atoms with Gasteiger partial charge in [0.1, 0.15) is 0 Å². The van der Waals surface area contributed by atoms with Gasteiger partial charge in [-0.25, -0.2) is 23.7 Å². The highest BCUT2D eigenvalue weighted by atomic mass is 35.5. The Kier molecular flexibility index (Phi) is 7.87. The van der Waals surface area contributed by atoms with E-state index in [2.05, 4.69) is 10.1 Å². The molecule has 10 nitrogen and oxygen atoms in total. The molecule has 2 atom stereocenters. The van der Waals surface area contributed by atoms with Gasteiger partial charge in [0.25, 0.3) is 10.0 Å². The Bertz CT molecular complexity index is 1600. The lowest BCUT2D eigenvalue weighted by Gasteiger charge is -2.49. The minimum Gasteiger partial charge on any atom is -0.276 e. The first-order valence-corrected chi connectivity index (χ1v) is 16.0. The van der Waals surface area contributed by atoms with E-state index in [-0.39, 0.29) is 29.2 Å². The second-order valence-corrected chi connectivity index (χ2v) is 13.6. The van der Waals surface area contributed by atoms with Gasteiger partial charge in [0.2, 0.25) is 5.96 Å². The van der Waals surface area contributed by atoms with Crippen LogP contribution in [0.5, 0.6) is 0 Å². The average molecular weight is 625 g/mol. The van der Waals surface area contributed by atoms with Crippen LogP contribution in [-0.2, 0) is 30.0 Å². The van der Waals surface area contributed by atoms with Crippen molar-refractivity contribution < 1.29 is 21.0 Å². The molecule has 14 heteroatoms. The fourth-order valence-electron chi connectivity index (χ4n) is 5.54. The molecule has 1 aliphatic carbocycles. The lowest BCUT2D eigenvalue weighted by molar-refractivity contribution is 0.00219. The SMILES string of the molecule is N=C(NS(=O)(=O)c1ccc(Cl)cc1)N1C[C@@H](c2ccccc2)C(c2ccc(Cl)cc2)(C2CC(OS(N)(=O)=O)C2)N1. The van der Waals surface area contributed by atoms with Crippen LogP contribution in [0, 0.1) is 11.3 Å². The molecule has 1 saturated heterocycles. The van der Waals surface area contributed by atoms with Crippen molar-refractivity contribution in [3.63, 3.8) is 0 Å². The van der Waals surface area contributed by atoms with Crippen molar-refractivity contribution >= 4 is 49.5 Å². The standard InChI is InChI=1S/C26H27Cl2N5O5S2/c27-20-8-6-18(7-9-20)26(19-14-22(15-19)38-40(30,36)37)24(17-4-2-1-3-5-17)16-33(32-26)25(29)31-39(34,35)23-12-10-21(28)11-13-23/h1-13,19,22,24,32H,14-16H2,(H2,29,31)(H2,30,36,37)/t19?,22?,24-,26?/m0/s1. The Labute approximate surface area is 243 Å². The summed E-state index contributed by atoms with van der Waals surface area (Å²) in [5.74, 6) is -0.796. The number of hydrogen-bond acceptors (Lipinski definition) is 7. The third-order valence-corrected chi connectivity index (χ3v) is 9.79. The number of hydrogen-bond donors (Lipinski definition) is 4. The molecule has 2 fully saturated rings. The Morgan fingerprint density at radius 3 is 2.10 bits per heavy atom. The summed E-state index contributed by atoms with van der Waals surface area (Å²) in [5, 5.41) is 16.2. The first kappa shape index (κ1) is 28.8. The lowest BCUT2D eigenvalue weighted by Crippen LogP contribution is -2.58. The maximum Gasteiger partial charge on any atom is 0.333 e. The van der Waals surface area contributed by atoms with Crippen LogP contribution in [0.1, 0.15) is 29.9 Å².